The lowest BCUT2D eigenvalue weighted by molar-refractivity contribution is -0.113. The number of hydrogen-bond donors (Lipinski definition) is 1. The molecule has 0 aliphatic carbocycles. The Labute approximate surface area is 187 Å². The number of ether oxygens (including phenoxy) is 1. The SMILES string of the molecule is CCCc1cc(-c2nnc(SCC(=O)Nc3sccc3C(=O)OC)n2CCC)cs1. The fourth-order valence-corrected chi connectivity index (χ4v) is 5.40. The Morgan fingerprint density at radius 2 is 2.07 bits per heavy atom. The smallest absolute Gasteiger partial charge is 0.340 e. The summed E-state index contributed by atoms with van der Waals surface area (Å²) < 4.78 is 6.81. The summed E-state index contributed by atoms with van der Waals surface area (Å²) in [4.78, 5) is 25.5. The molecule has 0 unspecified atom stereocenters. The van der Waals surface area contributed by atoms with Gasteiger partial charge < -0.3 is 14.6 Å². The molecule has 0 spiro atoms. The predicted octanol–water partition coefficient (Wildman–Crippen LogP) is 4.95. The van der Waals surface area contributed by atoms with Gasteiger partial charge in [-0.2, -0.15) is 0 Å². The van der Waals surface area contributed by atoms with Gasteiger partial charge in [0, 0.05) is 22.4 Å². The number of methoxy groups -OCH3 is 1. The molecule has 0 saturated carbocycles. The van der Waals surface area contributed by atoms with E-state index in [4.69, 9.17) is 4.74 Å². The number of esters is 1. The molecule has 1 N–H and O–H groups in total. The largest absolute Gasteiger partial charge is 0.465 e. The highest BCUT2D eigenvalue weighted by Crippen LogP contribution is 2.29. The van der Waals surface area contributed by atoms with Crippen LogP contribution in [0.4, 0.5) is 5.00 Å². The first-order valence-electron chi connectivity index (χ1n) is 9.66. The maximum atomic E-state index is 12.4. The Hall–Kier alpha value is -2.17. The van der Waals surface area contributed by atoms with Crippen LogP contribution in [0.1, 0.15) is 41.9 Å². The molecule has 0 aromatic carbocycles. The van der Waals surface area contributed by atoms with Gasteiger partial charge in [0.05, 0.1) is 18.4 Å². The molecule has 0 fully saturated rings. The first-order chi connectivity index (χ1) is 14.6. The van der Waals surface area contributed by atoms with Crippen LogP contribution in [0, 0.1) is 0 Å². The second kappa shape index (κ2) is 10.7. The van der Waals surface area contributed by atoms with Crippen molar-refractivity contribution in [1.29, 1.82) is 0 Å². The van der Waals surface area contributed by atoms with E-state index >= 15 is 0 Å². The number of hydrogen-bond acceptors (Lipinski definition) is 8. The Kier molecular flexibility index (Phi) is 8.06. The zero-order chi connectivity index (χ0) is 21.5. The van der Waals surface area contributed by atoms with E-state index in [1.54, 1.807) is 22.8 Å². The monoisotopic (exact) mass is 464 g/mol. The minimum absolute atomic E-state index is 0.172. The fourth-order valence-electron chi connectivity index (χ4n) is 2.88. The lowest BCUT2D eigenvalue weighted by Crippen LogP contribution is -2.16. The summed E-state index contributed by atoms with van der Waals surface area (Å²) >= 11 is 4.37. The molecular formula is C20H24N4O3S3. The van der Waals surface area contributed by atoms with E-state index in [0.717, 1.165) is 37.2 Å². The van der Waals surface area contributed by atoms with Crippen LogP contribution in [0.3, 0.4) is 0 Å². The summed E-state index contributed by atoms with van der Waals surface area (Å²) in [5, 5.41) is 16.6. The lowest BCUT2D eigenvalue weighted by atomic mass is 10.2. The van der Waals surface area contributed by atoms with Crippen LogP contribution in [0.5, 0.6) is 0 Å². The Morgan fingerprint density at radius 3 is 2.80 bits per heavy atom. The van der Waals surface area contributed by atoms with Crippen molar-refractivity contribution in [3.63, 3.8) is 0 Å². The molecule has 30 heavy (non-hydrogen) atoms. The standard InChI is InChI=1S/C20H24N4O3S3/c1-4-6-14-10-13(11-29-14)17-22-23-20(24(17)8-5-2)30-12-16(25)21-18-15(7-9-28-18)19(26)27-3/h7,9-11H,4-6,8,12H2,1-3H3,(H,21,25). The quantitative estimate of drug-likeness (QED) is 0.338. The maximum Gasteiger partial charge on any atom is 0.340 e. The topological polar surface area (TPSA) is 86.1 Å². The van der Waals surface area contributed by atoms with Gasteiger partial charge in [0.1, 0.15) is 5.00 Å². The Balaban J connectivity index is 1.69. The number of thioether (sulfide) groups is 1. The van der Waals surface area contributed by atoms with Gasteiger partial charge in [-0.3, -0.25) is 4.79 Å². The third-order valence-corrected chi connectivity index (χ3v) is 7.02. The number of thiophene rings is 2. The number of rotatable bonds is 10. The number of aryl methyl sites for hydroxylation is 1. The van der Waals surface area contributed by atoms with Crippen molar-refractivity contribution in [1.82, 2.24) is 14.8 Å². The second-order valence-corrected chi connectivity index (χ2v) is 9.36. The normalized spacial score (nSPS) is 10.9. The first-order valence-corrected chi connectivity index (χ1v) is 12.4. The van der Waals surface area contributed by atoms with Crippen molar-refractivity contribution in [2.75, 3.05) is 18.2 Å². The summed E-state index contributed by atoms with van der Waals surface area (Å²) in [6.07, 6.45) is 3.11. The number of carbonyl (C=O) groups excluding carboxylic acids is 2. The average Bonchev–Trinajstić information content (AvgIpc) is 3.47. The van der Waals surface area contributed by atoms with Crippen LogP contribution in [0.15, 0.2) is 28.0 Å². The number of amides is 1. The molecule has 3 rings (SSSR count). The summed E-state index contributed by atoms with van der Waals surface area (Å²) in [6.45, 7) is 5.05. The summed E-state index contributed by atoms with van der Waals surface area (Å²) in [5.41, 5.74) is 1.43. The molecule has 3 aromatic heterocycles. The number of nitrogens with one attached hydrogen (secondary N) is 1. The molecule has 1 amide bonds. The van der Waals surface area contributed by atoms with Crippen molar-refractivity contribution in [2.45, 2.75) is 44.8 Å². The van der Waals surface area contributed by atoms with Gasteiger partial charge in [0.25, 0.3) is 0 Å². The molecule has 0 radical (unpaired) electrons. The molecule has 0 atom stereocenters. The summed E-state index contributed by atoms with van der Waals surface area (Å²) in [5.74, 6) is 0.334. The lowest BCUT2D eigenvalue weighted by Gasteiger charge is -2.08. The van der Waals surface area contributed by atoms with E-state index in [0.29, 0.717) is 15.7 Å². The van der Waals surface area contributed by atoms with Gasteiger partial charge >= 0.3 is 5.97 Å². The van der Waals surface area contributed by atoms with Crippen molar-refractivity contribution in [3.05, 3.63) is 33.3 Å². The molecule has 3 heterocycles. The zero-order valence-corrected chi connectivity index (χ0v) is 19.6. The van der Waals surface area contributed by atoms with E-state index < -0.39 is 5.97 Å². The molecule has 0 bridgehead atoms. The van der Waals surface area contributed by atoms with E-state index in [2.05, 4.69) is 45.4 Å². The van der Waals surface area contributed by atoms with E-state index in [1.807, 2.05) is 0 Å². The second-order valence-electron chi connectivity index (χ2n) is 6.50. The molecular weight excluding hydrogens is 440 g/mol. The summed E-state index contributed by atoms with van der Waals surface area (Å²) in [7, 11) is 1.32. The van der Waals surface area contributed by atoms with Crippen LogP contribution in [0.2, 0.25) is 0 Å². The average molecular weight is 465 g/mol. The van der Waals surface area contributed by atoms with Gasteiger partial charge in [0.15, 0.2) is 11.0 Å². The van der Waals surface area contributed by atoms with Crippen molar-refractivity contribution in [3.8, 4) is 11.4 Å². The summed E-state index contributed by atoms with van der Waals surface area (Å²) in [6, 6.07) is 3.81. The van der Waals surface area contributed by atoms with Crippen LogP contribution in [-0.4, -0.2) is 39.5 Å². The predicted molar refractivity (Wildman–Crippen MR) is 123 cm³/mol. The van der Waals surface area contributed by atoms with Crippen molar-refractivity contribution >= 4 is 51.3 Å². The minimum atomic E-state index is -0.468. The number of aromatic nitrogens is 3. The highest BCUT2D eigenvalue weighted by Gasteiger charge is 2.18. The molecule has 0 aliphatic rings. The molecule has 10 heteroatoms. The van der Waals surface area contributed by atoms with Gasteiger partial charge in [-0.15, -0.1) is 32.9 Å². The van der Waals surface area contributed by atoms with Gasteiger partial charge in [-0.25, -0.2) is 4.79 Å². The van der Waals surface area contributed by atoms with Crippen LogP contribution < -0.4 is 5.32 Å². The first kappa shape index (κ1) is 22.5. The number of carbonyl (C=O) groups is 2. The van der Waals surface area contributed by atoms with E-state index in [-0.39, 0.29) is 11.7 Å². The Bertz CT molecular complexity index is 1010. The van der Waals surface area contributed by atoms with Crippen LogP contribution in [0.25, 0.3) is 11.4 Å². The van der Waals surface area contributed by atoms with E-state index in [9.17, 15) is 9.59 Å². The van der Waals surface area contributed by atoms with Crippen molar-refractivity contribution < 1.29 is 14.3 Å². The fraction of sp³-hybridized carbons (Fsp3) is 0.400. The highest BCUT2D eigenvalue weighted by atomic mass is 32.2. The third-order valence-electron chi connectivity index (χ3n) is 4.23. The minimum Gasteiger partial charge on any atom is -0.465 e. The molecule has 0 aliphatic heterocycles. The Morgan fingerprint density at radius 1 is 1.23 bits per heavy atom. The van der Waals surface area contributed by atoms with E-state index in [1.165, 1.54) is 35.1 Å². The third kappa shape index (κ3) is 5.30. The molecule has 7 nitrogen and oxygen atoms in total. The molecule has 0 saturated heterocycles. The number of nitrogens with zero attached hydrogens (tertiary/aromatic N) is 3. The highest BCUT2D eigenvalue weighted by molar-refractivity contribution is 7.99. The van der Waals surface area contributed by atoms with Crippen molar-refractivity contribution in [2.24, 2.45) is 0 Å². The molecule has 160 valence electrons. The molecule has 3 aromatic rings. The zero-order valence-electron chi connectivity index (χ0n) is 17.1. The van der Waals surface area contributed by atoms with Crippen LogP contribution >= 0.6 is 34.4 Å². The van der Waals surface area contributed by atoms with Crippen LogP contribution in [-0.2, 0) is 22.5 Å². The van der Waals surface area contributed by atoms with Gasteiger partial charge in [0.2, 0.25) is 5.91 Å². The maximum absolute atomic E-state index is 12.4. The number of anilines is 1. The van der Waals surface area contributed by atoms with Gasteiger partial charge in [-0.1, -0.05) is 32.0 Å². The van der Waals surface area contributed by atoms with Gasteiger partial charge in [-0.05, 0) is 30.4 Å².